The molecule has 2 aromatic heterocycles. The van der Waals surface area contributed by atoms with Crippen LogP contribution in [0.2, 0.25) is 0 Å². The molecule has 2 heterocycles. The number of Topliss-reactive ketones (excluding diaryl/α,β-unsaturated/α-hetero) is 1. The van der Waals surface area contributed by atoms with Gasteiger partial charge >= 0.3 is 0 Å². The van der Waals surface area contributed by atoms with Crippen molar-refractivity contribution in [3.05, 3.63) is 77.4 Å². The van der Waals surface area contributed by atoms with E-state index >= 15 is 0 Å². The number of rotatable bonds is 10. The van der Waals surface area contributed by atoms with Crippen LogP contribution in [0.4, 0.5) is 4.39 Å². The summed E-state index contributed by atoms with van der Waals surface area (Å²) >= 11 is 0. The standard InChI is InChI=1S/C27H25FN2O6/c1-3-16-11-21(19-15-36-26-18(19)5-4-6-20(26)28)30-22(12-16)23(32)14-29-27(33)17-7-8-24(35-10-9-31)25(13-17)34-2/h4-8,11-13,15,31H,3,9-10,14H2,1-2H3,(H,29,33). The number of carbonyl (C=O) groups is 2. The molecule has 2 aromatic carbocycles. The fourth-order valence-electron chi connectivity index (χ4n) is 3.73. The van der Waals surface area contributed by atoms with Gasteiger partial charge in [-0.25, -0.2) is 9.37 Å². The quantitative estimate of drug-likeness (QED) is 0.319. The monoisotopic (exact) mass is 492 g/mol. The van der Waals surface area contributed by atoms with Gasteiger partial charge < -0.3 is 24.3 Å². The van der Waals surface area contributed by atoms with Crippen LogP contribution in [0.3, 0.4) is 0 Å². The molecule has 0 radical (unpaired) electrons. The van der Waals surface area contributed by atoms with E-state index in [2.05, 4.69) is 10.3 Å². The lowest BCUT2D eigenvalue weighted by Gasteiger charge is -2.12. The predicted molar refractivity (Wildman–Crippen MR) is 131 cm³/mol. The third kappa shape index (κ3) is 5.21. The molecule has 1 amide bonds. The summed E-state index contributed by atoms with van der Waals surface area (Å²) in [5.41, 5.74) is 2.51. The summed E-state index contributed by atoms with van der Waals surface area (Å²) in [6.07, 6.45) is 2.07. The number of hydrogen-bond acceptors (Lipinski definition) is 7. The number of aromatic nitrogens is 1. The van der Waals surface area contributed by atoms with Gasteiger partial charge in [0.1, 0.15) is 18.6 Å². The molecule has 0 fully saturated rings. The molecule has 36 heavy (non-hydrogen) atoms. The average Bonchev–Trinajstić information content (AvgIpc) is 3.35. The lowest BCUT2D eigenvalue weighted by molar-refractivity contribution is 0.0902. The van der Waals surface area contributed by atoms with E-state index in [9.17, 15) is 14.0 Å². The number of pyridine rings is 1. The number of aliphatic hydroxyl groups is 1. The highest BCUT2D eigenvalue weighted by molar-refractivity contribution is 6.02. The first kappa shape index (κ1) is 24.9. The number of para-hydroxylation sites is 1. The van der Waals surface area contributed by atoms with Crippen molar-refractivity contribution in [3.63, 3.8) is 0 Å². The topological polar surface area (TPSA) is 111 Å². The number of methoxy groups -OCH3 is 1. The first-order valence-corrected chi connectivity index (χ1v) is 11.3. The fraction of sp³-hybridized carbons (Fsp3) is 0.222. The fourth-order valence-corrected chi connectivity index (χ4v) is 3.73. The van der Waals surface area contributed by atoms with Crippen molar-refractivity contribution in [1.29, 1.82) is 0 Å². The van der Waals surface area contributed by atoms with Crippen LogP contribution in [0, 0.1) is 5.82 Å². The third-order valence-corrected chi connectivity index (χ3v) is 5.59. The van der Waals surface area contributed by atoms with Gasteiger partial charge in [0.25, 0.3) is 5.91 Å². The Hall–Kier alpha value is -4.24. The number of carbonyl (C=O) groups excluding carboxylic acids is 2. The minimum absolute atomic E-state index is 0.0891. The maximum absolute atomic E-state index is 14.1. The van der Waals surface area contributed by atoms with Gasteiger partial charge in [-0.2, -0.15) is 0 Å². The van der Waals surface area contributed by atoms with Gasteiger partial charge in [0.2, 0.25) is 0 Å². The Kier molecular flexibility index (Phi) is 7.60. The van der Waals surface area contributed by atoms with Crippen molar-refractivity contribution < 1.29 is 33.0 Å². The molecule has 2 N–H and O–H groups in total. The van der Waals surface area contributed by atoms with Crippen LogP contribution in [0.25, 0.3) is 22.2 Å². The molecular formula is C27H25FN2O6. The number of nitrogens with zero attached hydrogens (tertiary/aromatic N) is 1. The van der Waals surface area contributed by atoms with E-state index in [1.807, 2.05) is 13.0 Å². The normalized spacial score (nSPS) is 10.9. The van der Waals surface area contributed by atoms with Crippen LogP contribution < -0.4 is 14.8 Å². The van der Waals surface area contributed by atoms with E-state index in [0.717, 1.165) is 5.56 Å². The molecule has 186 valence electrons. The van der Waals surface area contributed by atoms with E-state index in [1.165, 1.54) is 31.6 Å². The van der Waals surface area contributed by atoms with Gasteiger partial charge in [0.15, 0.2) is 28.7 Å². The maximum Gasteiger partial charge on any atom is 0.251 e. The van der Waals surface area contributed by atoms with Crippen LogP contribution >= 0.6 is 0 Å². The number of ketones is 1. The Balaban J connectivity index is 1.53. The molecule has 4 rings (SSSR count). The maximum atomic E-state index is 14.1. The van der Waals surface area contributed by atoms with Crippen LogP contribution in [0.1, 0.15) is 33.3 Å². The second-order valence-corrected chi connectivity index (χ2v) is 7.91. The van der Waals surface area contributed by atoms with Crippen molar-refractivity contribution in [2.75, 3.05) is 26.9 Å². The molecule has 4 aromatic rings. The lowest BCUT2D eigenvalue weighted by atomic mass is 10.0. The number of benzene rings is 2. The molecular weight excluding hydrogens is 467 g/mol. The van der Waals surface area contributed by atoms with Crippen LogP contribution in [-0.4, -0.2) is 48.6 Å². The summed E-state index contributed by atoms with van der Waals surface area (Å²) in [5, 5.41) is 12.1. The van der Waals surface area contributed by atoms with Gasteiger partial charge in [-0.3, -0.25) is 9.59 Å². The second kappa shape index (κ2) is 11.0. The van der Waals surface area contributed by atoms with Crippen molar-refractivity contribution in [2.45, 2.75) is 13.3 Å². The Morgan fingerprint density at radius 2 is 1.97 bits per heavy atom. The molecule has 0 bridgehead atoms. The number of nitrogens with one attached hydrogen (secondary N) is 1. The summed E-state index contributed by atoms with van der Waals surface area (Å²) < 4.78 is 30.1. The molecule has 0 aliphatic rings. The number of halogens is 1. The molecule has 0 aliphatic carbocycles. The van der Waals surface area contributed by atoms with Crippen molar-refractivity contribution in [1.82, 2.24) is 10.3 Å². The van der Waals surface area contributed by atoms with E-state index in [-0.39, 0.29) is 42.4 Å². The van der Waals surface area contributed by atoms with Gasteiger partial charge in [-0.05, 0) is 48.4 Å². The van der Waals surface area contributed by atoms with Crippen LogP contribution in [0.15, 0.2) is 59.2 Å². The van der Waals surface area contributed by atoms with Crippen molar-refractivity contribution in [3.8, 4) is 22.8 Å². The van der Waals surface area contributed by atoms with Crippen molar-refractivity contribution >= 4 is 22.7 Å². The number of ether oxygens (including phenoxy) is 2. The van der Waals surface area contributed by atoms with Crippen LogP contribution in [-0.2, 0) is 6.42 Å². The summed E-state index contributed by atoms with van der Waals surface area (Å²) in [6, 6.07) is 12.7. The molecule has 0 saturated heterocycles. The number of hydrogen-bond donors (Lipinski definition) is 2. The molecule has 8 nitrogen and oxygen atoms in total. The summed E-state index contributed by atoms with van der Waals surface area (Å²) in [7, 11) is 1.44. The Morgan fingerprint density at radius 3 is 2.72 bits per heavy atom. The molecule has 0 unspecified atom stereocenters. The molecule has 0 atom stereocenters. The summed E-state index contributed by atoms with van der Waals surface area (Å²) in [5.74, 6) is -0.617. The van der Waals surface area contributed by atoms with Crippen molar-refractivity contribution in [2.24, 2.45) is 0 Å². The van der Waals surface area contributed by atoms with E-state index in [1.54, 1.807) is 24.3 Å². The third-order valence-electron chi connectivity index (χ3n) is 5.59. The highest BCUT2D eigenvalue weighted by atomic mass is 19.1. The summed E-state index contributed by atoms with van der Waals surface area (Å²) in [4.78, 5) is 30.1. The Morgan fingerprint density at radius 1 is 1.14 bits per heavy atom. The zero-order valence-electron chi connectivity index (χ0n) is 19.8. The first-order valence-electron chi connectivity index (χ1n) is 11.3. The number of amides is 1. The van der Waals surface area contributed by atoms with E-state index < -0.39 is 11.7 Å². The zero-order chi connectivity index (χ0) is 25.7. The predicted octanol–water partition coefficient (Wildman–Crippen LogP) is 4.19. The highest BCUT2D eigenvalue weighted by Crippen LogP contribution is 2.32. The highest BCUT2D eigenvalue weighted by Gasteiger charge is 2.18. The number of aliphatic hydroxyl groups excluding tert-OH is 1. The molecule has 0 spiro atoms. The molecule has 9 heteroatoms. The van der Waals surface area contributed by atoms with E-state index in [0.29, 0.717) is 34.6 Å². The minimum Gasteiger partial charge on any atom is -0.493 e. The first-order chi connectivity index (χ1) is 17.4. The molecule has 0 aliphatic heterocycles. The van der Waals surface area contributed by atoms with Gasteiger partial charge in [0.05, 0.1) is 26.0 Å². The average molecular weight is 493 g/mol. The SMILES string of the molecule is CCc1cc(C(=O)CNC(=O)c2ccc(OCCO)c(OC)c2)nc(-c2coc3c(F)cccc23)c1. The zero-order valence-corrected chi connectivity index (χ0v) is 19.8. The van der Waals surface area contributed by atoms with Gasteiger partial charge in [0, 0.05) is 16.5 Å². The second-order valence-electron chi connectivity index (χ2n) is 7.91. The van der Waals surface area contributed by atoms with Gasteiger partial charge in [-0.1, -0.05) is 19.1 Å². The number of aryl methyl sites for hydroxylation is 1. The molecule has 0 saturated carbocycles. The lowest BCUT2D eigenvalue weighted by Crippen LogP contribution is -2.30. The Bertz CT molecular complexity index is 1410. The smallest absolute Gasteiger partial charge is 0.251 e. The summed E-state index contributed by atoms with van der Waals surface area (Å²) in [6.45, 7) is 1.61. The van der Waals surface area contributed by atoms with Gasteiger partial charge in [-0.15, -0.1) is 0 Å². The largest absolute Gasteiger partial charge is 0.493 e. The number of furan rings is 1. The van der Waals surface area contributed by atoms with Crippen LogP contribution in [0.5, 0.6) is 11.5 Å². The number of fused-ring (bicyclic) bond motifs is 1. The van der Waals surface area contributed by atoms with E-state index in [4.69, 9.17) is 19.0 Å². The Labute approximate surface area is 206 Å². The minimum atomic E-state index is -0.478.